The average Bonchev–Trinajstić information content (AvgIpc) is 2.47. The van der Waals surface area contributed by atoms with E-state index in [9.17, 15) is 10.2 Å². The van der Waals surface area contributed by atoms with E-state index in [2.05, 4.69) is 10.2 Å². The first-order valence-corrected chi connectivity index (χ1v) is 6.23. The summed E-state index contributed by atoms with van der Waals surface area (Å²) in [4.78, 5) is 0. The van der Waals surface area contributed by atoms with Crippen LogP contribution in [0.4, 0.5) is 11.4 Å². The number of nitrogens with zero attached hydrogens (tertiary/aromatic N) is 2. The third-order valence-electron chi connectivity index (χ3n) is 2.91. The van der Waals surface area contributed by atoms with Crippen LogP contribution in [0.3, 0.4) is 0 Å². The van der Waals surface area contributed by atoms with Gasteiger partial charge >= 0.3 is 0 Å². The minimum absolute atomic E-state index is 0.000831. The van der Waals surface area contributed by atoms with Crippen molar-refractivity contribution in [1.82, 2.24) is 0 Å². The SMILES string of the molecule is CCc1c(O)ccc(N=Nc2ccc(OC)cc2)c1[O-]. The summed E-state index contributed by atoms with van der Waals surface area (Å²) < 4.78 is 5.04. The van der Waals surface area contributed by atoms with Crippen molar-refractivity contribution in [3.8, 4) is 17.2 Å². The predicted octanol–water partition coefficient (Wildman–Crippen LogP) is 3.45. The maximum atomic E-state index is 12.0. The van der Waals surface area contributed by atoms with Gasteiger partial charge in [-0.25, -0.2) is 0 Å². The molecule has 104 valence electrons. The highest BCUT2D eigenvalue weighted by molar-refractivity contribution is 5.59. The number of phenols is 1. The van der Waals surface area contributed by atoms with Gasteiger partial charge in [-0.05, 0) is 48.4 Å². The van der Waals surface area contributed by atoms with Crippen LogP contribution < -0.4 is 9.84 Å². The molecule has 1 N–H and O–H groups in total. The first-order valence-electron chi connectivity index (χ1n) is 6.23. The largest absolute Gasteiger partial charge is 0.871 e. The van der Waals surface area contributed by atoms with Crippen molar-refractivity contribution in [3.05, 3.63) is 42.0 Å². The fraction of sp³-hybridized carbons (Fsp3) is 0.200. The molecule has 5 heteroatoms. The van der Waals surface area contributed by atoms with E-state index in [4.69, 9.17) is 4.74 Å². The Kier molecular flexibility index (Phi) is 4.20. The summed E-state index contributed by atoms with van der Waals surface area (Å²) in [6.07, 6.45) is 0.455. The number of aromatic hydroxyl groups is 1. The van der Waals surface area contributed by atoms with Gasteiger partial charge in [0.05, 0.1) is 18.5 Å². The molecular formula is C15H15N2O3-. The standard InChI is InChI=1S/C15H16N2O3/c1-3-12-14(18)9-8-13(15(12)19)17-16-10-4-6-11(20-2)7-5-10/h4-9,18-19H,3H2,1-2H3/p-1. The van der Waals surface area contributed by atoms with Crippen LogP contribution in [-0.2, 0) is 6.42 Å². The van der Waals surface area contributed by atoms with Gasteiger partial charge < -0.3 is 14.9 Å². The summed E-state index contributed by atoms with van der Waals surface area (Å²) in [7, 11) is 1.59. The van der Waals surface area contributed by atoms with Gasteiger partial charge in [-0.3, -0.25) is 0 Å². The van der Waals surface area contributed by atoms with Gasteiger partial charge in [0.1, 0.15) is 11.5 Å². The fourth-order valence-electron chi connectivity index (χ4n) is 1.79. The van der Waals surface area contributed by atoms with Gasteiger partial charge in [-0.2, -0.15) is 10.2 Å². The molecule has 0 aromatic heterocycles. The van der Waals surface area contributed by atoms with Crippen LogP contribution in [0.1, 0.15) is 12.5 Å². The Morgan fingerprint density at radius 1 is 1.10 bits per heavy atom. The van der Waals surface area contributed by atoms with E-state index in [-0.39, 0.29) is 17.2 Å². The number of methoxy groups -OCH3 is 1. The van der Waals surface area contributed by atoms with Crippen molar-refractivity contribution in [2.75, 3.05) is 7.11 Å². The van der Waals surface area contributed by atoms with E-state index in [1.807, 2.05) is 0 Å². The van der Waals surface area contributed by atoms with E-state index in [0.717, 1.165) is 5.75 Å². The van der Waals surface area contributed by atoms with Gasteiger partial charge in [0.25, 0.3) is 0 Å². The average molecular weight is 271 g/mol. The number of azo groups is 1. The molecule has 2 aromatic rings. The van der Waals surface area contributed by atoms with Crippen molar-refractivity contribution in [3.63, 3.8) is 0 Å². The molecule has 0 aliphatic carbocycles. The van der Waals surface area contributed by atoms with Crippen molar-refractivity contribution in [1.29, 1.82) is 0 Å². The number of hydrogen-bond donors (Lipinski definition) is 1. The van der Waals surface area contributed by atoms with Crippen LogP contribution >= 0.6 is 0 Å². The fourth-order valence-corrected chi connectivity index (χ4v) is 1.79. The Bertz CT molecular complexity index is 622. The Balaban J connectivity index is 2.26. The lowest BCUT2D eigenvalue weighted by Gasteiger charge is -2.15. The van der Waals surface area contributed by atoms with Gasteiger partial charge in [-0.1, -0.05) is 12.7 Å². The summed E-state index contributed by atoms with van der Waals surface area (Å²) in [6, 6.07) is 9.94. The molecule has 0 fully saturated rings. The third-order valence-corrected chi connectivity index (χ3v) is 2.91. The highest BCUT2D eigenvalue weighted by Crippen LogP contribution is 2.35. The van der Waals surface area contributed by atoms with Crippen LogP contribution in [0.25, 0.3) is 0 Å². The zero-order chi connectivity index (χ0) is 14.5. The molecule has 0 saturated heterocycles. The molecule has 0 spiro atoms. The number of rotatable bonds is 4. The molecular weight excluding hydrogens is 256 g/mol. The number of hydrogen-bond acceptors (Lipinski definition) is 5. The lowest BCUT2D eigenvalue weighted by molar-refractivity contribution is -0.268. The molecule has 5 nitrogen and oxygen atoms in total. The van der Waals surface area contributed by atoms with E-state index < -0.39 is 0 Å². The number of phenolic OH excluding ortho intramolecular Hbond substituents is 1. The maximum Gasteiger partial charge on any atom is 0.119 e. The Hall–Kier alpha value is -2.56. The van der Waals surface area contributed by atoms with Gasteiger partial charge in [-0.15, -0.1) is 0 Å². The number of benzene rings is 2. The zero-order valence-electron chi connectivity index (χ0n) is 11.3. The molecule has 0 saturated carbocycles. The smallest absolute Gasteiger partial charge is 0.119 e. The van der Waals surface area contributed by atoms with Crippen molar-refractivity contribution >= 4 is 11.4 Å². The molecule has 0 radical (unpaired) electrons. The molecule has 20 heavy (non-hydrogen) atoms. The summed E-state index contributed by atoms with van der Waals surface area (Å²) in [6.45, 7) is 1.81. The molecule has 0 aliphatic heterocycles. The van der Waals surface area contributed by atoms with Gasteiger partial charge in [0.15, 0.2) is 0 Å². The predicted molar refractivity (Wildman–Crippen MR) is 74.1 cm³/mol. The van der Waals surface area contributed by atoms with Crippen molar-refractivity contribution in [2.24, 2.45) is 10.2 Å². The summed E-state index contributed by atoms with van der Waals surface area (Å²) in [5.41, 5.74) is 1.20. The minimum atomic E-state index is -0.287. The van der Waals surface area contributed by atoms with Crippen LogP contribution in [0, 0.1) is 0 Å². The molecule has 0 bridgehead atoms. The zero-order valence-corrected chi connectivity index (χ0v) is 11.3. The Morgan fingerprint density at radius 2 is 1.80 bits per heavy atom. The normalized spacial score (nSPS) is 10.9. The van der Waals surface area contributed by atoms with Crippen LogP contribution in [0.5, 0.6) is 17.2 Å². The van der Waals surface area contributed by atoms with Crippen LogP contribution in [0.15, 0.2) is 46.6 Å². The van der Waals surface area contributed by atoms with Crippen LogP contribution in [-0.4, -0.2) is 12.2 Å². The Labute approximate surface area is 117 Å². The molecule has 2 aromatic carbocycles. The summed E-state index contributed by atoms with van der Waals surface area (Å²) in [5, 5.41) is 29.5. The van der Waals surface area contributed by atoms with E-state index in [1.165, 1.54) is 12.1 Å². The first kappa shape index (κ1) is 13.9. The highest BCUT2D eigenvalue weighted by atomic mass is 16.5. The van der Waals surface area contributed by atoms with E-state index in [1.54, 1.807) is 38.3 Å². The lowest BCUT2D eigenvalue weighted by atomic mass is 10.1. The summed E-state index contributed by atoms with van der Waals surface area (Å²) in [5.74, 6) is 0.442. The molecule has 2 rings (SSSR count). The molecule has 0 aliphatic rings. The van der Waals surface area contributed by atoms with Gasteiger partial charge in [0, 0.05) is 0 Å². The van der Waals surface area contributed by atoms with Crippen LogP contribution in [0.2, 0.25) is 0 Å². The molecule has 0 atom stereocenters. The monoisotopic (exact) mass is 271 g/mol. The second kappa shape index (κ2) is 6.06. The maximum absolute atomic E-state index is 12.0. The molecule has 0 heterocycles. The van der Waals surface area contributed by atoms with E-state index >= 15 is 0 Å². The quantitative estimate of drug-likeness (QED) is 0.865. The van der Waals surface area contributed by atoms with Crippen molar-refractivity contribution in [2.45, 2.75) is 13.3 Å². The number of ether oxygens (including phenoxy) is 1. The topological polar surface area (TPSA) is 77.2 Å². The lowest BCUT2D eigenvalue weighted by Crippen LogP contribution is -1.96. The Morgan fingerprint density at radius 3 is 2.40 bits per heavy atom. The van der Waals surface area contributed by atoms with Crippen molar-refractivity contribution < 1.29 is 14.9 Å². The highest BCUT2D eigenvalue weighted by Gasteiger charge is 2.03. The third kappa shape index (κ3) is 2.88. The molecule has 0 unspecified atom stereocenters. The minimum Gasteiger partial charge on any atom is -0.871 e. The van der Waals surface area contributed by atoms with E-state index in [0.29, 0.717) is 17.7 Å². The first-order chi connectivity index (χ1) is 9.65. The molecule has 0 amide bonds. The van der Waals surface area contributed by atoms with Gasteiger partial charge in [0.2, 0.25) is 0 Å². The second-order valence-electron chi connectivity index (χ2n) is 4.16. The second-order valence-corrected chi connectivity index (χ2v) is 4.16. The summed E-state index contributed by atoms with van der Waals surface area (Å²) >= 11 is 0.